The van der Waals surface area contributed by atoms with E-state index < -0.39 is 0 Å². The van der Waals surface area contributed by atoms with Crippen LogP contribution in [0.25, 0.3) is 0 Å². The SMILES string of the molecule is O=C(NCCc1cccc(Cl)c1)NCc1ccc(N2CCCC2=O)cc1. The molecule has 0 atom stereocenters. The second-order valence-electron chi connectivity index (χ2n) is 6.30. The summed E-state index contributed by atoms with van der Waals surface area (Å²) in [5.41, 5.74) is 3.00. The van der Waals surface area contributed by atoms with Crippen LogP contribution in [0.3, 0.4) is 0 Å². The summed E-state index contributed by atoms with van der Waals surface area (Å²) in [5.74, 6) is 0.176. The first kappa shape index (κ1) is 18.3. The lowest BCUT2D eigenvalue weighted by molar-refractivity contribution is -0.117. The number of rotatable bonds is 6. The van der Waals surface area contributed by atoms with E-state index in [9.17, 15) is 9.59 Å². The zero-order valence-corrected chi connectivity index (χ0v) is 15.3. The summed E-state index contributed by atoms with van der Waals surface area (Å²) in [5, 5.41) is 6.37. The Labute approximate surface area is 158 Å². The van der Waals surface area contributed by atoms with E-state index in [-0.39, 0.29) is 11.9 Å². The normalized spacial score (nSPS) is 13.7. The Morgan fingerprint density at radius 1 is 1.08 bits per heavy atom. The van der Waals surface area contributed by atoms with Crippen LogP contribution in [0.15, 0.2) is 48.5 Å². The molecule has 6 heteroatoms. The second kappa shape index (κ2) is 8.72. The Kier molecular flexibility index (Phi) is 6.12. The van der Waals surface area contributed by atoms with Crippen molar-refractivity contribution in [3.8, 4) is 0 Å². The first-order valence-corrected chi connectivity index (χ1v) is 9.15. The molecule has 0 aliphatic carbocycles. The number of nitrogens with zero attached hydrogens (tertiary/aromatic N) is 1. The maximum Gasteiger partial charge on any atom is 0.315 e. The van der Waals surface area contributed by atoms with Gasteiger partial charge in [0.05, 0.1) is 0 Å². The number of halogens is 1. The maximum absolute atomic E-state index is 11.9. The fraction of sp³-hybridized carbons (Fsp3) is 0.300. The molecule has 0 unspecified atom stereocenters. The molecule has 3 amide bonds. The topological polar surface area (TPSA) is 61.4 Å². The molecular formula is C20H22ClN3O2. The molecule has 1 saturated heterocycles. The third kappa shape index (κ3) is 4.99. The van der Waals surface area contributed by atoms with Crippen LogP contribution < -0.4 is 15.5 Å². The molecule has 2 aromatic carbocycles. The monoisotopic (exact) mass is 371 g/mol. The summed E-state index contributed by atoms with van der Waals surface area (Å²) >= 11 is 5.94. The molecule has 0 radical (unpaired) electrons. The molecule has 1 heterocycles. The van der Waals surface area contributed by atoms with Crippen LogP contribution in [-0.4, -0.2) is 25.0 Å². The lowest BCUT2D eigenvalue weighted by atomic mass is 10.1. The number of benzene rings is 2. The van der Waals surface area contributed by atoms with E-state index in [1.807, 2.05) is 48.5 Å². The van der Waals surface area contributed by atoms with Crippen LogP contribution >= 0.6 is 11.6 Å². The van der Waals surface area contributed by atoms with Gasteiger partial charge < -0.3 is 15.5 Å². The minimum Gasteiger partial charge on any atom is -0.338 e. The van der Waals surface area contributed by atoms with Gasteiger partial charge in [0.1, 0.15) is 0 Å². The molecule has 3 rings (SSSR count). The predicted octanol–water partition coefficient (Wildman–Crippen LogP) is 3.51. The van der Waals surface area contributed by atoms with Crippen LogP contribution in [0.5, 0.6) is 0 Å². The predicted molar refractivity (Wildman–Crippen MR) is 103 cm³/mol. The van der Waals surface area contributed by atoms with Crippen LogP contribution in [0.2, 0.25) is 5.02 Å². The third-order valence-corrected chi connectivity index (χ3v) is 4.60. The average Bonchev–Trinajstić information content (AvgIpc) is 3.06. The van der Waals surface area contributed by atoms with Gasteiger partial charge in [0.15, 0.2) is 0 Å². The van der Waals surface area contributed by atoms with Crippen molar-refractivity contribution in [2.75, 3.05) is 18.0 Å². The van der Waals surface area contributed by atoms with Gasteiger partial charge in [-0.05, 0) is 48.2 Å². The minimum absolute atomic E-state index is 0.176. The molecule has 1 aliphatic rings. The number of anilines is 1. The van der Waals surface area contributed by atoms with Gasteiger partial charge in [0.2, 0.25) is 5.91 Å². The Bertz CT molecular complexity index is 777. The highest BCUT2D eigenvalue weighted by Gasteiger charge is 2.21. The first-order chi connectivity index (χ1) is 12.6. The van der Waals surface area contributed by atoms with Crippen LogP contribution in [0.4, 0.5) is 10.5 Å². The average molecular weight is 372 g/mol. The van der Waals surface area contributed by atoms with Gasteiger partial charge in [-0.2, -0.15) is 0 Å². The number of hydrogen-bond donors (Lipinski definition) is 2. The van der Waals surface area contributed by atoms with Crippen molar-refractivity contribution in [1.82, 2.24) is 10.6 Å². The van der Waals surface area contributed by atoms with Crippen molar-refractivity contribution >= 4 is 29.2 Å². The summed E-state index contributed by atoms with van der Waals surface area (Å²) in [4.78, 5) is 25.4. The van der Waals surface area contributed by atoms with E-state index in [4.69, 9.17) is 11.6 Å². The van der Waals surface area contributed by atoms with Gasteiger partial charge in [0, 0.05) is 36.8 Å². The second-order valence-corrected chi connectivity index (χ2v) is 6.74. The fourth-order valence-electron chi connectivity index (χ4n) is 2.97. The molecule has 2 N–H and O–H groups in total. The van der Waals surface area contributed by atoms with Crippen molar-refractivity contribution in [2.45, 2.75) is 25.8 Å². The molecule has 0 bridgehead atoms. The Morgan fingerprint density at radius 2 is 1.88 bits per heavy atom. The maximum atomic E-state index is 11.9. The van der Waals surface area contributed by atoms with Gasteiger partial charge in [-0.1, -0.05) is 35.9 Å². The fourth-order valence-corrected chi connectivity index (χ4v) is 3.19. The van der Waals surface area contributed by atoms with E-state index in [0.717, 1.165) is 36.2 Å². The molecule has 26 heavy (non-hydrogen) atoms. The zero-order chi connectivity index (χ0) is 18.4. The molecular weight excluding hydrogens is 350 g/mol. The summed E-state index contributed by atoms with van der Waals surface area (Å²) in [7, 11) is 0. The van der Waals surface area contributed by atoms with E-state index >= 15 is 0 Å². The lowest BCUT2D eigenvalue weighted by Gasteiger charge is -2.16. The molecule has 136 valence electrons. The van der Waals surface area contributed by atoms with Crippen molar-refractivity contribution in [3.05, 3.63) is 64.7 Å². The highest BCUT2D eigenvalue weighted by molar-refractivity contribution is 6.30. The molecule has 1 fully saturated rings. The van der Waals surface area contributed by atoms with Crippen molar-refractivity contribution < 1.29 is 9.59 Å². The molecule has 0 spiro atoms. The van der Waals surface area contributed by atoms with E-state index in [1.165, 1.54) is 0 Å². The van der Waals surface area contributed by atoms with E-state index in [1.54, 1.807) is 4.90 Å². The van der Waals surface area contributed by atoms with Crippen LogP contribution in [-0.2, 0) is 17.8 Å². The standard InChI is InChI=1S/C20H22ClN3O2/c21-17-4-1-3-15(13-17)10-11-22-20(26)23-14-16-6-8-18(9-7-16)24-12-2-5-19(24)25/h1,3-4,6-9,13H,2,5,10-12,14H2,(H2,22,23,26). The number of nitrogens with one attached hydrogen (secondary N) is 2. The molecule has 1 aliphatic heterocycles. The number of urea groups is 1. The van der Waals surface area contributed by atoms with Crippen molar-refractivity contribution in [1.29, 1.82) is 0 Å². The van der Waals surface area contributed by atoms with E-state index in [0.29, 0.717) is 24.5 Å². The quantitative estimate of drug-likeness (QED) is 0.816. The number of hydrogen-bond acceptors (Lipinski definition) is 2. The Morgan fingerprint density at radius 3 is 2.58 bits per heavy atom. The molecule has 0 saturated carbocycles. The number of carbonyl (C=O) groups excluding carboxylic acids is 2. The van der Waals surface area contributed by atoms with Gasteiger partial charge in [0.25, 0.3) is 0 Å². The highest BCUT2D eigenvalue weighted by Crippen LogP contribution is 2.21. The van der Waals surface area contributed by atoms with Gasteiger partial charge in [-0.3, -0.25) is 4.79 Å². The van der Waals surface area contributed by atoms with Gasteiger partial charge in [-0.15, -0.1) is 0 Å². The molecule has 5 nitrogen and oxygen atoms in total. The largest absolute Gasteiger partial charge is 0.338 e. The first-order valence-electron chi connectivity index (χ1n) is 8.77. The summed E-state index contributed by atoms with van der Waals surface area (Å²) in [6.45, 7) is 1.77. The summed E-state index contributed by atoms with van der Waals surface area (Å²) in [6, 6.07) is 15.1. The smallest absolute Gasteiger partial charge is 0.315 e. The van der Waals surface area contributed by atoms with Crippen molar-refractivity contribution in [3.63, 3.8) is 0 Å². The number of carbonyl (C=O) groups is 2. The third-order valence-electron chi connectivity index (χ3n) is 4.36. The van der Waals surface area contributed by atoms with E-state index in [2.05, 4.69) is 10.6 Å². The summed E-state index contributed by atoms with van der Waals surface area (Å²) < 4.78 is 0. The molecule has 2 aromatic rings. The minimum atomic E-state index is -0.203. The zero-order valence-electron chi connectivity index (χ0n) is 14.5. The van der Waals surface area contributed by atoms with Gasteiger partial charge >= 0.3 is 6.03 Å². The van der Waals surface area contributed by atoms with Crippen LogP contribution in [0, 0.1) is 0 Å². The Balaban J connectivity index is 1.40. The molecule has 0 aromatic heterocycles. The summed E-state index contributed by atoms with van der Waals surface area (Å²) in [6.07, 6.45) is 2.27. The van der Waals surface area contributed by atoms with Crippen molar-refractivity contribution in [2.24, 2.45) is 0 Å². The number of amides is 3. The highest BCUT2D eigenvalue weighted by atomic mass is 35.5. The lowest BCUT2D eigenvalue weighted by Crippen LogP contribution is -2.36. The Hall–Kier alpha value is -2.53. The van der Waals surface area contributed by atoms with Gasteiger partial charge in [-0.25, -0.2) is 4.79 Å². The van der Waals surface area contributed by atoms with Crippen LogP contribution in [0.1, 0.15) is 24.0 Å².